The third-order valence-electron chi connectivity index (χ3n) is 6.13. The van der Waals surface area contributed by atoms with E-state index in [1.165, 1.54) is 24.0 Å². The van der Waals surface area contributed by atoms with Crippen LogP contribution in [-0.2, 0) is 10.1 Å². The van der Waals surface area contributed by atoms with Crippen LogP contribution in [0.3, 0.4) is 0 Å². The third kappa shape index (κ3) is 5.19. The van der Waals surface area contributed by atoms with Crippen LogP contribution in [0.2, 0.25) is 0 Å². The van der Waals surface area contributed by atoms with Crippen molar-refractivity contribution in [2.45, 2.75) is 30.7 Å². The Bertz CT molecular complexity index is 1420. The fourth-order valence-corrected chi connectivity index (χ4v) is 4.95. The molecule has 1 aliphatic rings. The van der Waals surface area contributed by atoms with Crippen molar-refractivity contribution >= 4 is 27.4 Å². The van der Waals surface area contributed by atoms with Gasteiger partial charge in [0.2, 0.25) is 0 Å². The molecular weight excluding hydrogens is 502 g/mol. The Kier molecular flexibility index (Phi) is 7.01. The number of likely N-dealkylation sites (tertiary alicyclic amines) is 1. The van der Waals surface area contributed by atoms with Gasteiger partial charge < -0.3 is 10.2 Å². The summed E-state index contributed by atoms with van der Waals surface area (Å²) in [4.78, 5) is 18.5. The average molecular weight is 524 g/mol. The normalized spacial score (nSPS) is 14.7. The van der Waals surface area contributed by atoms with Crippen LogP contribution in [0.1, 0.15) is 40.2 Å². The molecule has 0 atom stereocenters. The molecule has 36 heavy (non-hydrogen) atoms. The van der Waals surface area contributed by atoms with E-state index in [0.717, 1.165) is 11.8 Å². The van der Waals surface area contributed by atoms with Crippen molar-refractivity contribution in [1.29, 1.82) is 0 Å². The van der Waals surface area contributed by atoms with Gasteiger partial charge in [-0.15, -0.1) is 0 Å². The van der Waals surface area contributed by atoms with E-state index in [4.69, 9.17) is 0 Å². The van der Waals surface area contributed by atoms with Crippen molar-refractivity contribution in [1.82, 2.24) is 9.88 Å². The zero-order valence-electron chi connectivity index (χ0n) is 18.9. The summed E-state index contributed by atoms with van der Waals surface area (Å²) in [6.45, 7) is 1.83. The lowest BCUT2D eigenvalue weighted by Gasteiger charge is -2.33. The fraction of sp³-hybridized carbons (Fsp3) is 0.250. The maximum Gasteiger partial charge on any atom is 0.312 e. The van der Waals surface area contributed by atoms with Gasteiger partial charge in [-0.1, -0.05) is 12.1 Å². The molecule has 0 unspecified atom stereocenters. The van der Waals surface area contributed by atoms with Gasteiger partial charge in [-0.25, -0.2) is 22.5 Å². The second-order valence-electron chi connectivity index (χ2n) is 8.44. The quantitative estimate of drug-likeness (QED) is 0.279. The topological polar surface area (TPSA) is 99.6 Å². The molecule has 2 N–H and O–H groups in total. The number of anilines is 2. The number of amides is 1. The molecule has 2 heterocycles. The van der Waals surface area contributed by atoms with Gasteiger partial charge in [0, 0.05) is 37.0 Å². The monoisotopic (exact) mass is 523 g/mol. The van der Waals surface area contributed by atoms with Crippen LogP contribution in [0.4, 0.5) is 28.9 Å². The highest BCUT2D eigenvalue weighted by atomic mass is 32.2. The SMILES string of the molecule is Cc1c(S(=O)(=O)O)ncc(C(=O)N2CCC(c3ccc(F)cc3)CC2)c1Nc1cc(F)cc(F)c1F. The first-order valence-electron chi connectivity index (χ1n) is 10.9. The lowest BCUT2D eigenvalue weighted by atomic mass is 9.89. The van der Waals surface area contributed by atoms with E-state index >= 15 is 0 Å². The molecule has 1 saturated heterocycles. The number of benzene rings is 2. The number of piperidine rings is 1. The Morgan fingerprint density at radius 1 is 1.06 bits per heavy atom. The number of hydrogen-bond acceptors (Lipinski definition) is 5. The number of halogens is 4. The molecule has 1 aromatic heterocycles. The molecule has 4 rings (SSSR count). The molecule has 3 aromatic rings. The summed E-state index contributed by atoms with van der Waals surface area (Å²) in [6.07, 6.45) is 2.04. The number of nitrogens with one attached hydrogen (secondary N) is 1. The maximum atomic E-state index is 14.3. The summed E-state index contributed by atoms with van der Waals surface area (Å²) in [5.41, 5.74) is -0.429. The number of pyridine rings is 1. The van der Waals surface area contributed by atoms with E-state index < -0.39 is 44.2 Å². The van der Waals surface area contributed by atoms with Crippen LogP contribution < -0.4 is 5.32 Å². The Morgan fingerprint density at radius 2 is 1.69 bits per heavy atom. The van der Waals surface area contributed by atoms with Crippen molar-refractivity contribution < 1.29 is 35.3 Å². The number of carbonyl (C=O) groups is 1. The van der Waals surface area contributed by atoms with Crippen molar-refractivity contribution in [2.24, 2.45) is 0 Å². The molecular formula is C24H21F4N3O4S. The van der Waals surface area contributed by atoms with Crippen molar-refractivity contribution in [3.05, 3.63) is 82.6 Å². The van der Waals surface area contributed by atoms with Crippen LogP contribution in [0.15, 0.2) is 47.6 Å². The lowest BCUT2D eigenvalue weighted by Crippen LogP contribution is -2.38. The molecule has 190 valence electrons. The van der Waals surface area contributed by atoms with Crippen LogP contribution in [-0.4, -0.2) is 41.9 Å². The summed E-state index contributed by atoms with van der Waals surface area (Å²) >= 11 is 0. The van der Waals surface area contributed by atoms with Gasteiger partial charge in [-0.3, -0.25) is 9.35 Å². The second-order valence-corrected chi connectivity index (χ2v) is 9.78. The largest absolute Gasteiger partial charge is 0.352 e. The Hall–Kier alpha value is -3.51. The number of nitrogens with zero attached hydrogens (tertiary/aromatic N) is 2. The highest BCUT2D eigenvalue weighted by Gasteiger charge is 2.29. The highest BCUT2D eigenvalue weighted by molar-refractivity contribution is 7.85. The summed E-state index contributed by atoms with van der Waals surface area (Å²) in [5.74, 6) is -4.87. The minimum absolute atomic E-state index is 0.0957. The molecule has 12 heteroatoms. The van der Waals surface area contributed by atoms with Crippen LogP contribution >= 0.6 is 0 Å². The zero-order chi connectivity index (χ0) is 26.2. The number of carbonyl (C=O) groups excluding carboxylic acids is 1. The molecule has 1 amide bonds. The first-order chi connectivity index (χ1) is 17.0. The highest BCUT2D eigenvalue weighted by Crippen LogP contribution is 2.33. The average Bonchev–Trinajstić information content (AvgIpc) is 2.82. The van der Waals surface area contributed by atoms with Gasteiger partial charge in [-0.2, -0.15) is 8.42 Å². The second kappa shape index (κ2) is 9.86. The van der Waals surface area contributed by atoms with E-state index in [1.807, 2.05) is 0 Å². The van der Waals surface area contributed by atoms with E-state index in [-0.39, 0.29) is 28.5 Å². The number of rotatable bonds is 5. The number of aromatic nitrogens is 1. The molecule has 1 fully saturated rings. The fourth-order valence-electron chi connectivity index (χ4n) is 4.28. The summed E-state index contributed by atoms with van der Waals surface area (Å²) in [5, 5.41) is 1.61. The van der Waals surface area contributed by atoms with Gasteiger partial charge in [-0.05, 0) is 43.4 Å². The molecule has 1 aliphatic heterocycles. The Balaban J connectivity index is 1.66. The zero-order valence-corrected chi connectivity index (χ0v) is 19.8. The third-order valence-corrected chi connectivity index (χ3v) is 7.03. The molecule has 7 nitrogen and oxygen atoms in total. The molecule has 2 aromatic carbocycles. The first kappa shape index (κ1) is 25.6. The predicted molar refractivity (Wildman–Crippen MR) is 123 cm³/mol. The van der Waals surface area contributed by atoms with E-state index in [0.29, 0.717) is 38.1 Å². The maximum absolute atomic E-state index is 14.3. The standard InChI is InChI=1S/C24H21F4N3O4S/c1-13-22(30-20-11-17(26)10-19(27)21(20)28)18(12-29-23(13)36(33,34)35)24(32)31-8-6-15(7-9-31)14-2-4-16(25)5-3-14/h2-5,10-12,15H,6-9H2,1H3,(H,29,30)(H,33,34,35). The van der Waals surface area contributed by atoms with Gasteiger partial charge in [0.15, 0.2) is 16.7 Å². The van der Waals surface area contributed by atoms with Crippen LogP contribution in [0.25, 0.3) is 0 Å². The van der Waals surface area contributed by atoms with Crippen LogP contribution in [0.5, 0.6) is 0 Å². The summed E-state index contributed by atoms with van der Waals surface area (Å²) in [7, 11) is -4.83. The predicted octanol–water partition coefficient (Wildman–Crippen LogP) is 4.96. The van der Waals surface area contributed by atoms with Crippen molar-refractivity contribution in [3.63, 3.8) is 0 Å². The smallest absolute Gasteiger partial charge is 0.312 e. The van der Waals surface area contributed by atoms with Crippen molar-refractivity contribution in [3.8, 4) is 0 Å². The minimum Gasteiger partial charge on any atom is -0.352 e. The van der Waals surface area contributed by atoms with E-state index in [2.05, 4.69) is 10.3 Å². The van der Waals surface area contributed by atoms with Gasteiger partial charge in [0.05, 0.1) is 16.9 Å². The Labute approximate surface area is 204 Å². The van der Waals surface area contributed by atoms with Gasteiger partial charge in [0.1, 0.15) is 11.6 Å². The molecule has 0 radical (unpaired) electrons. The molecule has 0 saturated carbocycles. The molecule has 0 spiro atoms. The number of hydrogen-bond donors (Lipinski definition) is 2. The Morgan fingerprint density at radius 3 is 2.31 bits per heavy atom. The van der Waals surface area contributed by atoms with Gasteiger partial charge >= 0.3 is 10.1 Å². The minimum atomic E-state index is -4.83. The lowest BCUT2D eigenvalue weighted by molar-refractivity contribution is 0.0713. The van der Waals surface area contributed by atoms with Gasteiger partial charge in [0.25, 0.3) is 5.91 Å². The molecule has 0 aliphatic carbocycles. The van der Waals surface area contributed by atoms with E-state index in [9.17, 15) is 35.3 Å². The van der Waals surface area contributed by atoms with Crippen LogP contribution in [0, 0.1) is 30.2 Å². The summed E-state index contributed by atoms with van der Waals surface area (Å²) in [6, 6.07) is 7.09. The van der Waals surface area contributed by atoms with Crippen molar-refractivity contribution in [2.75, 3.05) is 18.4 Å². The first-order valence-corrected chi connectivity index (χ1v) is 12.3. The molecule has 0 bridgehead atoms. The van der Waals surface area contributed by atoms with E-state index in [1.54, 1.807) is 12.1 Å². The summed E-state index contributed by atoms with van der Waals surface area (Å²) < 4.78 is 88.1.